The molecule has 0 aliphatic carbocycles. The first-order valence-corrected chi connectivity index (χ1v) is 9.37. The minimum atomic E-state index is -0.652. The maximum Gasteiger partial charge on any atom is 0.303 e. The molecule has 8 atom stereocenters. The van der Waals surface area contributed by atoms with Crippen LogP contribution in [0, 0.1) is 0 Å². The number of esters is 2. The number of piperidine rings is 1. The van der Waals surface area contributed by atoms with E-state index < -0.39 is 36.5 Å². The van der Waals surface area contributed by atoms with E-state index in [0.717, 1.165) is 5.56 Å². The lowest BCUT2D eigenvalue weighted by Gasteiger charge is -2.46. The van der Waals surface area contributed by atoms with Gasteiger partial charge >= 0.3 is 11.9 Å². The van der Waals surface area contributed by atoms with Crippen LogP contribution < -0.4 is 0 Å². The van der Waals surface area contributed by atoms with E-state index in [1.165, 1.54) is 21.0 Å². The summed E-state index contributed by atoms with van der Waals surface area (Å²) in [5.41, 5.74) is 0.911. The fourth-order valence-electron chi connectivity index (χ4n) is 4.79. The lowest BCUT2D eigenvalue weighted by molar-refractivity contribution is -0.213. The van der Waals surface area contributed by atoms with Gasteiger partial charge in [-0.2, -0.15) is 0 Å². The third-order valence-corrected chi connectivity index (χ3v) is 5.77. The van der Waals surface area contributed by atoms with Gasteiger partial charge in [-0.15, -0.1) is 0 Å². The molecule has 3 heterocycles. The molecule has 1 aromatic carbocycles. The SMILES string of the molecule is COC1[C@@H](OC(C)=O)[C@H]2[C@@H]3OC(c4ccccc4)O[C@@H]3[C@@H]([C@H]1OC(C)=O)N2C. The third-order valence-electron chi connectivity index (χ3n) is 5.77. The molecule has 4 rings (SSSR count). The van der Waals surface area contributed by atoms with Gasteiger partial charge in [-0.1, -0.05) is 30.3 Å². The molecule has 0 aromatic heterocycles. The minimum absolute atomic E-state index is 0.274. The molecule has 3 fully saturated rings. The number of nitrogens with zero attached hydrogens (tertiary/aromatic N) is 1. The summed E-state index contributed by atoms with van der Waals surface area (Å²) in [5, 5.41) is 0. The van der Waals surface area contributed by atoms with Gasteiger partial charge in [0.2, 0.25) is 0 Å². The molecule has 3 aliphatic rings. The van der Waals surface area contributed by atoms with Crippen LogP contribution in [0.4, 0.5) is 0 Å². The molecule has 152 valence electrons. The van der Waals surface area contributed by atoms with Gasteiger partial charge in [-0.25, -0.2) is 0 Å². The Kier molecular flexibility index (Phi) is 5.13. The Morgan fingerprint density at radius 1 is 0.893 bits per heavy atom. The van der Waals surface area contributed by atoms with Crippen molar-refractivity contribution >= 4 is 11.9 Å². The largest absolute Gasteiger partial charge is 0.458 e. The summed E-state index contributed by atoms with van der Waals surface area (Å²) in [6, 6.07) is 9.11. The highest BCUT2D eigenvalue weighted by Gasteiger charge is 2.67. The van der Waals surface area contributed by atoms with Crippen LogP contribution in [0.1, 0.15) is 25.7 Å². The summed E-state index contributed by atoms with van der Waals surface area (Å²) >= 11 is 0. The quantitative estimate of drug-likeness (QED) is 0.704. The molecule has 0 N–H and O–H groups in total. The third kappa shape index (κ3) is 3.10. The van der Waals surface area contributed by atoms with Gasteiger partial charge in [0.1, 0.15) is 30.5 Å². The zero-order valence-corrected chi connectivity index (χ0v) is 16.3. The van der Waals surface area contributed by atoms with Gasteiger partial charge in [-0.3, -0.25) is 14.5 Å². The lowest BCUT2D eigenvalue weighted by atomic mass is 9.93. The highest BCUT2D eigenvalue weighted by Crippen LogP contribution is 2.48. The second-order valence-corrected chi connectivity index (χ2v) is 7.44. The predicted molar refractivity (Wildman–Crippen MR) is 96.2 cm³/mol. The average Bonchev–Trinajstić information content (AvgIpc) is 3.14. The van der Waals surface area contributed by atoms with Gasteiger partial charge in [0.25, 0.3) is 0 Å². The zero-order valence-electron chi connectivity index (χ0n) is 16.3. The number of rotatable bonds is 4. The van der Waals surface area contributed by atoms with Crippen LogP contribution in [-0.2, 0) is 33.3 Å². The molecular weight excluding hydrogens is 366 g/mol. The van der Waals surface area contributed by atoms with Crippen molar-refractivity contribution in [3.05, 3.63) is 35.9 Å². The van der Waals surface area contributed by atoms with Gasteiger partial charge in [0.05, 0.1) is 12.1 Å². The van der Waals surface area contributed by atoms with E-state index in [1.807, 2.05) is 42.3 Å². The Balaban J connectivity index is 1.69. The number of ether oxygens (including phenoxy) is 5. The van der Waals surface area contributed by atoms with E-state index in [9.17, 15) is 9.59 Å². The Bertz CT molecular complexity index is 701. The van der Waals surface area contributed by atoms with Crippen LogP contribution in [0.25, 0.3) is 0 Å². The van der Waals surface area contributed by atoms with Crippen LogP contribution in [0.5, 0.6) is 0 Å². The van der Waals surface area contributed by atoms with Crippen molar-refractivity contribution in [1.82, 2.24) is 4.90 Å². The summed E-state index contributed by atoms with van der Waals surface area (Å²) in [5.74, 6) is -0.857. The number of benzene rings is 1. The molecule has 2 unspecified atom stereocenters. The van der Waals surface area contributed by atoms with Crippen molar-refractivity contribution < 1.29 is 33.3 Å². The molecule has 8 nitrogen and oxygen atoms in total. The topological polar surface area (TPSA) is 83.5 Å². The van der Waals surface area contributed by atoms with Gasteiger partial charge < -0.3 is 23.7 Å². The summed E-state index contributed by atoms with van der Waals surface area (Å²) < 4.78 is 29.4. The molecule has 0 radical (unpaired) electrons. The Morgan fingerprint density at radius 2 is 1.39 bits per heavy atom. The molecular formula is C20H25NO7. The van der Waals surface area contributed by atoms with Crippen molar-refractivity contribution in [2.24, 2.45) is 0 Å². The first-order chi connectivity index (χ1) is 13.4. The molecule has 3 saturated heterocycles. The van der Waals surface area contributed by atoms with E-state index in [1.54, 1.807) is 0 Å². The highest BCUT2D eigenvalue weighted by atomic mass is 16.7. The molecule has 3 aliphatic heterocycles. The van der Waals surface area contributed by atoms with Gasteiger partial charge in [-0.05, 0) is 7.05 Å². The van der Waals surface area contributed by atoms with Crippen molar-refractivity contribution in [2.45, 2.75) is 62.7 Å². The number of likely N-dealkylation sites (N-methyl/N-ethyl adjacent to an activating group) is 1. The fraction of sp³-hybridized carbons (Fsp3) is 0.600. The summed E-state index contributed by atoms with van der Waals surface area (Å²) in [6.07, 6.45) is -3.12. The first kappa shape index (κ1) is 19.3. The monoisotopic (exact) mass is 391 g/mol. The Hall–Kier alpha value is -2.00. The maximum atomic E-state index is 11.8. The van der Waals surface area contributed by atoms with Crippen LogP contribution in [0.3, 0.4) is 0 Å². The fourth-order valence-corrected chi connectivity index (χ4v) is 4.79. The standard InChI is InChI=1S/C20H25NO7/c1-10(22)25-17-13-15-16(28-20(27-15)12-8-6-5-7-9-12)14(21(13)3)18(19(17)24-4)26-11(2)23/h5-9,13-20H,1-4H3/t13-,14+,15+,16-,17+,18-,19?,20?. The van der Waals surface area contributed by atoms with Crippen molar-refractivity contribution in [2.75, 3.05) is 14.2 Å². The highest BCUT2D eigenvalue weighted by molar-refractivity contribution is 5.67. The zero-order chi connectivity index (χ0) is 20.0. The first-order valence-electron chi connectivity index (χ1n) is 9.37. The Labute approximate surface area is 163 Å². The van der Waals surface area contributed by atoms with Crippen LogP contribution in [-0.4, -0.2) is 73.6 Å². The van der Waals surface area contributed by atoms with E-state index in [4.69, 9.17) is 23.7 Å². The minimum Gasteiger partial charge on any atom is -0.458 e. The number of methoxy groups -OCH3 is 1. The number of hydrogen-bond acceptors (Lipinski definition) is 8. The normalized spacial score (nSPS) is 39.4. The van der Waals surface area contributed by atoms with E-state index in [-0.39, 0.29) is 24.3 Å². The maximum absolute atomic E-state index is 11.8. The molecule has 2 bridgehead atoms. The smallest absolute Gasteiger partial charge is 0.303 e. The molecule has 0 spiro atoms. The number of hydrogen-bond donors (Lipinski definition) is 0. The van der Waals surface area contributed by atoms with Crippen molar-refractivity contribution in [3.63, 3.8) is 0 Å². The van der Waals surface area contributed by atoms with Gasteiger partial charge in [0, 0.05) is 26.5 Å². The van der Waals surface area contributed by atoms with Crippen LogP contribution in [0.2, 0.25) is 0 Å². The van der Waals surface area contributed by atoms with Crippen LogP contribution >= 0.6 is 0 Å². The predicted octanol–water partition coefficient (Wildman–Crippen LogP) is 1.04. The second kappa shape index (κ2) is 7.44. The molecule has 8 heteroatoms. The van der Waals surface area contributed by atoms with Gasteiger partial charge in [0.15, 0.2) is 6.29 Å². The average molecular weight is 391 g/mol. The summed E-state index contributed by atoms with van der Waals surface area (Å²) in [4.78, 5) is 25.6. The molecule has 1 aromatic rings. The molecule has 0 saturated carbocycles. The Morgan fingerprint density at radius 3 is 1.82 bits per heavy atom. The number of carbonyl (C=O) groups is 2. The van der Waals surface area contributed by atoms with Crippen molar-refractivity contribution in [1.29, 1.82) is 0 Å². The van der Waals surface area contributed by atoms with Crippen LogP contribution in [0.15, 0.2) is 30.3 Å². The van der Waals surface area contributed by atoms with E-state index in [2.05, 4.69) is 0 Å². The molecule has 28 heavy (non-hydrogen) atoms. The second-order valence-electron chi connectivity index (χ2n) is 7.44. The molecule has 0 amide bonds. The summed E-state index contributed by atoms with van der Waals surface area (Å²) in [7, 11) is 3.42. The lowest BCUT2D eigenvalue weighted by Crippen LogP contribution is -2.65. The van der Waals surface area contributed by atoms with Crippen molar-refractivity contribution in [3.8, 4) is 0 Å². The van der Waals surface area contributed by atoms with E-state index >= 15 is 0 Å². The van der Waals surface area contributed by atoms with E-state index in [0.29, 0.717) is 0 Å². The summed E-state index contributed by atoms with van der Waals surface area (Å²) in [6.45, 7) is 2.70. The number of fused-ring (bicyclic) bond motifs is 5. The number of carbonyl (C=O) groups excluding carboxylic acids is 2.